The van der Waals surface area contributed by atoms with Crippen molar-refractivity contribution < 1.29 is 19.4 Å². The van der Waals surface area contributed by atoms with Crippen LogP contribution in [-0.2, 0) is 17.6 Å². The number of aryl methyl sites for hydroxylation is 2. The molecule has 24 heavy (non-hydrogen) atoms. The van der Waals surface area contributed by atoms with Gasteiger partial charge in [-0.2, -0.15) is 0 Å². The summed E-state index contributed by atoms with van der Waals surface area (Å²) in [5.74, 6) is -0.722. The number of hydrogen-bond acceptors (Lipinski definition) is 4. The molecule has 5 nitrogen and oxygen atoms in total. The molecular weight excluding hydrogens is 326 g/mol. The van der Waals surface area contributed by atoms with Gasteiger partial charge in [0, 0.05) is 4.88 Å². The van der Waals surface area contributed by atoms with Gasteiger partial charge in [-0.1, -0.05) is 17.7 Å². The minimum Gasteiger partial charge on any atom is -0.484 e. The summed E-state index contributed by atoms with van der Waals surface area (Å²) in [5, 5.41) is 12.6. The van der Waals surface area contributed by atoms with E-state index in [2.05, 4.69) is 5.32 Å². The molecule has 0 spiro atoms. The smallest absolute Gasteiger partial charge is 0.339 e. The number of carboxylic acids is 1. The zero-order chi connectivity index (χ0) is 17.1. The second-order valence-electron chi connectivity index (χ2n) is 5.87. The summed E-state index contributed by atoms with van der Waals surface area (Å²) in [5.41, 5.74) is 2.24. The molecular formula is C18H19NO4S. The first-order chi connectivity index (χ1) is 11.5. The lowest BCUT2D eigenvalue weighted by atomic mass is 9.95. The topological polar surface area (TPSA) is 75.6 Å². The monoisotopic (exact) mass is 345 g/mol. The summed E-state index contributed by atoms with van der Waals surface area (Å²) in [6.07, 6.45) is 3.71. The minimum absolute atomic E-state index is 0.148. The Morgan fingerprint density at radius 1 is 1.21 bits per heavy atom. The molecule has 1 aliphatic carbocycles. The number of carbonyl (C=O) groups is 2. The maximum absolute atomic E-state index is 12.1. The number of benzene rings is 1. The quantitative estimate of drug-likeness (QED) is 0.867. The summed E-state index contributed by atoms with van der Waals surface area (Å²) in [7, 11) is 0. The van der Waals surface area contributed by atoms with Crippen molar-refractivity contribution in [3.05, 3.63) is 45.8 Å². The maximum Gasteiger partial charge on any atom is 0.339 e. The van der Waals surface area contributed by atoms with Crippen molar-refractivity contribution in [2.75, 3.05) is 11.9 Å². The molecule has 0 saturated heterocycles. The Hall–Kier alpha value is -2.34. The molecule has 0 atom stereocenters. The van der Waals surface area contributed by atoms with Crippen molar-refractivity contribution in [3.8, 4) is 5.75 Å². The molecule has 0 fully saturated rings. The van der Waals surface area contributed by atoms with Crippen LogP contribution in [0.25, 0.3) is 0 Å². The van der Waals surface area contributed by atoms with Gasteiger partial charge in [-0.3, -0.25) is 4.79 Å². The average molecular weight is 345 g/mol. The molecule has 0 radical (unpaired) electrons. The van der Waals surface area contributed by atoms with Crippen LogP contribution >= 0.6 is 11.3 Å². The van der Waals surface area contributed by atoms with Gasteiger partial charge < -0.3 is 15.2 Å². The Bertz CT molecular complexity index is 764. The predicted molar refractivity (Wildman–Crippen MR) is 93.2 cm³/mol. The van der Waals surface area contributed by atoms with E-state index in [9.17, 15) is 14.7 Å². The largest absolute Gasteiger partial charge is 0.484 e. The van der Waals surface area contributed by atoms with Crippen LogP contribution in [0.2, 0.25) is 0 Å². The fraction of sp³-hybridized carbons (Fsp3) is 0.333. The summed E-state index contributed by atoms with van der Waals surface area (Å²) in [6.45, 7) is 1.83. The van der Waals surface area contributed by atoms with Crippen molar-refractivity contribution in [1.82, 2.24) is 0 Å². The number of anilines is 1. The van der Waals surface area contributed by atoms with E-state index < -0.39 is 5.97 Å². The van der Waals surface area contributed by atoms with Crippen LogP contribution in [-0.4, -0.2) is 23.6 Å². The molecule has 6 heteroatoms. The second kappa shape index (κ2) is 7.05. The van der Waals surface area contributed by atoms with Crippen molar-refractivity contribution in [2.24, 2.45) is 0 Å². The Morgan fingerprint density at radius 2 is 1.92 bits per heavy atom. The van der Waals surface area contributed by atoms with E-state index in [0.29, 0.717) is 10.8 Å². The molecule has 1 amide bonds. The SMILES string of the molecule is Cc1ccc(OCC(=O)Nc2sc3c(c2C(=O)O)CCCC3)cc1. The number of amides is 1. The van der Waals surface area contributed by atoms with Crippen LogP contribution in [0.15, 0.2) is 24.3 Å². The lowest BCUT2D eigenvalue weighted by Crippen LogP contribution is -2.21. The van der Waals surface area contributed by atoms with Crippen LogP contribution in [0.5, 0.6) is 5.75 Å². The second-order valence-corrected chi connectivity index (χ2v) is 6.98. The van der Waals surface area contributed by atoms with E-state index in [-0.39, 0.29) is 18.1 Å². The van der Waals surface area contributed by atoms with Crippen molar-refractivity contribution in [3.63, 3.8) is 0 Å². The number of aromatic carboxylic acids is 1. The summed E-state index contributed by atoms with van der Waals surface area (Å²) in [4.78, 5) is 24.8. The number of nitrogens with one attached hydrogen (secondary N) is 1. The van der Waals surface area contributed by atoms with Gasteiger partial charge in [-0.05, 0) is 50.3 Å². The van der Waals surface area contributed by atoms with Crippen LogP contribution in [0, 0.1) is 6.92 Å². The Labute approximate surface area is 144 Å². The molecule has 0 bridgehead atoms. The highest BCUT2D eigenvalue weighted by Crippen LogP contribution is 2.38. The van der Waals surface area contributed by atoms with Crippen molar-refractivity contribution in [2.45, 2.75) is 32.6 Å². The molecule has 3 rings (SSSR count). The van der Waals surface area contributed by atoms with Gasteiger partial charge in [0.2, 0.25) is 0 Å². The van der Waals surface area contributed by atoms with Gasteiger partial charge in [0.25, 0.3) is 5.91 Å². The van der Waals surface area contributed by atoms with Crippen LogP contribution < -0.4 is 10.1 Å². The molecule has 2 N–H and O–H groups in total. The van der Waals surface area contributed by atoms with Gasteiger partial charge in [0.1, 0.15) is 10.8 Å². The molecule has 2 aromatic rings. The first-order valence-electron chi connectivity index (χ1n) is 7.91. The Kier molecular flexibility index (Phi) is 4.85. The standard InChI is InChI=1S/C18H19NO4S/c1-11-6-8-12(9-7-11)23-10-15(20)19-17-16(18(21)22)13-4-2-3-5-14(13)24-17/h6-9H,2-5,10H2,1H3,(H,19,20)(H,21,22). The van der Waals surface area contributed by atoms with Crippen LogP contribution in [0.3, 0.4) is 0 Å². The predicted octanol–water partition coefficient (Wildman–Crippen LogP) is 3.65. The molecule has 0 unspecified atom stereocenters. The number of ether oxygens (including phenoxy) is 1. The fourth-order valence-corrected chi connectivity index (χ4v) is 4.12. The van der Waals surface area contributed by atoms with E-state index in [1.165, 1.54) is 11.3 Å². The van der Waals surface area contributed by atoms with Crippen molar-refractivity contribution >= 4 is 28.2 Å². The van der Waals surface area contributed by atoms with E-state index in [0.717, 1.165) is 41.7 Å². The maximum atomic E-state index is 12.1. The third-order valence-electron chi connectivity index (χ3n) is 4.03. The van der Waals surface area contributed by atoms with E-state index in [1.54, 1.807) is 12.1 Å². The highest BCUT2D eigenvalue weighted by Gasteiger charge is 2.26. The zero-order valence-corrected chi connectivity index (χ0v) is 14.2. The van der Waals surface area contributed by atoms with Gasteiger partial charge in [-0.25, -0.2) is 4.79 Å². The normalized spacial score (nSPS) is 13.2. The summed E-state index contributed by atoms with van der Waals surface area (Å²) < 4.78 is 5.44. The van der Waals surface area contributed by atoms with Gasteiger partial charge in [0.15, 0.2) is 6.61 Å². The summed E-state index contributed by atoms with van der Waals surface area (Å²) >= 11 is 1.37. The lowest BCUT2D eigenvalue weighted by molar-refractivity contribution is -0.118. The highest BCUT2D eigenvalue weighted by atomic mass is 32.1. The molecule has 0 aliphatic heterocycles. The van der Waals surface area contributed by atoms with E-state index in [4.69, 9.17) is 4.74 Å². The molecule has 0 saturated carbocycles. The van der Waals surface area contributed by atoms with Crippen molar-refractivity contribution in [1.29, 1.82) is 0 Å². The minimum atomic E-state index is -0.982. The Balaban J connectivity index is 1.69. The van der Waals surface area contributed by atoms with Gasteiger partial charge in [0.05, 0.1) is 5.56 Å². The summed E-state index contributed by atoms with van der Waals surface area (Å²) in [6, 6.07) is 7.41. The highest BCUT2D eigenvalue weighted by molar-refractivity contribution is 7.17. The van der Waals surface area contributed by atoms with Crippen LogP contribution in [0.1, 0.15) is 39.2 Å². The first-order valence-corrected chi connectivity index (χ1v) is 8.73. The number of carboxylic acid groups (broad SMARTS) is 1. The number of thiophene rings is 1. The first kappa shape index (κ1) is 16.5. The fourth-order valence-electron chi connectivity index (χ4n) is 2.83. The molecule has 1 aromatic heterocycles. The van der Waals surface area contributed by atoms with Gasteiger partial charge >= 0.3 is 5.97 Å². The van der Waals surface area contributed by atoms with E-state index >= 15 is 0 Å². The van der Waals surface area contributed by atoms with Gasteiger partial charge in [-0.15, -0.1) is 11.3 Å². The number of carbonyl (C=O) groups excluding carboxylic acids is 1. The van der Waals surface area contributed by atoms with E-state index in [1.807, 2.05) is 19.1 Å². The molecule has 126 valence electrons. The number of rotatable bonds is 5. The third kappa shape index (κ3) is 3.59. The van der Waals surface area contributed by atoms with Crippen LogP contribution in [0.4, 0.5) is 5.00 Å². The molecule has 1 heterocycles. The molecule has 1 aliphatic rings. The number of hydrogen-bond donors (Lipinski definition) is 2. The zero-order valence-electron chi connectivity index (χ0n) is 13.4. The lowest BCUT2D eigenvalue weighted by Gasteiger charge is -2.10. The third-order valence-corrected chi connectivity index (χ3v) is 5.24. The average Bonchev–Trinajstić information content (AvgIpc) is 2.92. The molecule has 1 aromatic carbocycles. The number of fused-ring (bicyclic) bond motifs is 1. The Morgan fingerprint density at radius 3 is 2.62 bits per heavy atom.